The van der Waals surface area contributed by atoms with Crippen LogP contribution in [-0.2, 0) is 6.54 Å². The Labute approximate surface area is 168 Å². The van der Waals surface area contributed by atoms with Crippen molar-refractivity contribution in [1.29, 1.82) is 0 Å². The summed E-state index contributed by atoms with van der Waals surface area (Å²) in [5, 5.41) is 11.9. The van der Waals surface area contributed by atoms with Crippen molar-refractivity contribution in [1.82, 2.24) is 9.55 Å². The minimum Gasteiger partial charge on any atom is -0.489 e. The Hall–Kier alpha value is -1.50. The second-order valence-electron chi connectivity index (χ2n) is 5.53. The van der Waals surface area contributed by atoms with E-state index in [4.69, 9.17) is 51.1 Å². The number of hydrogen-bond acceptors (Lipinski definition) is 4. The van der Waals surface area contributed by atoms with Crippen LogP contribution in [-0.4, -0.2) is 27.4 Å². The molecule has 136 valence electrons. The van der Waals surface area contributed by atoms with Crippen LogP contribution in [0.25, 0.3) is 10.9 Å². The van der Waals surface area contributed by atoms with E-state index in [0.717, 1.165) is 0 Å². The van der Waals surface area contributed by atoms with Gasteiger partial charge in [-0.25, -0.2) is 4.98 Å². The van der Waals surface area contributed by atoms with Crippen LogP contribution in [0.4, 0.5) is 0 Å². The van der Waals surface area contributed by atoms with Gasteiger partial charge in [-0.05, 0) is 24.3 Å². The minimum absolute atomic E-state index is 0.0237. The quantitative estimate of drug-likeness (QED) is 0.645. The molecule has 9 heteroatoms. The molecule has 0 saturated carbocycles. The topological polar surface area (TPSA) is 64.4 Å². The molecule has 0 radical (unpaired) electrons. The molecular weight excluding hydrogens is 422 g/mol. The predicted octanol–water partition coefficient (Wildman–Crippen LogP) is 4.45. The first-order chi connectivity index (χ1) is 12.3. The zero-order valence-corrected chi connectivity index (χ0v) is 16.1. The molecule has 0 saturated heterocycles. The molecule has 1 unspecified atom stereocenters. The highest BCUT2D eigenvalue weighted by atomic mass is 35.5. The molecule has 1 aromatic heterocycles. The maximum atomic E-state index is 12.6. The minimum atomic E-state index is -0.975. The van der Waals surface area contributed by atoms with Gasteiger partial charge >= 0.3 is 0 Å². The second-order valence-corrected chi connectivity index (χ2v) is 7.21. The van der Waals surface area contributed by atoms with Gasteiger partial charge in [0.15, 0.2) is 0 Å². The maximum absolute atomic E-state index is 12.6. The van der Waals surface area contributed by atoms with Crippen LogP contribution >= 0.6 is 46.4 Å². The smallest absolute Gasteiger partial charge is 0.261 e. The molecule has 0 bridgehead atoms. The van der Waals surface area contributed by atoms with Gasteiger partial charge in [0.2, 0.25) is 0 Å². The number of hydrogen-bond donors (Lipinski definition) is 1. The molecule has 2 aromatic carbocycles. The summed E-state index contributed by atoms with van der Waals surface area (Å²) in [5.41, 5.74) is -0.00648. The standard InChI is InChI=1S/C17H12Cl4N2O3/c18-9-1-2-13(20)15(5-9)26-7-11(24)6-23-8-22-16-12(17(23)25)3-10(19)4-14(16)21/h1-5,8,11,24H,6-7H2. The summed E-state index contributed by atoms with van der Waals surface area (Å²) in [6.45, 7) is -0.106. The van der Waals surface area contributed by atoms with E-state index in [1.165, 1.54) is 23.0 Å². The molecule has 0 aliphatic heterocycles. The van der Waals surface area contributed by atoms with Crippen molar-refractivity contribution in [3.63, 3.8) is 0 Å². The molecule has 1 N–H and O–H groups in total. The van der Waals surface area contributed by atoms with Crippen molar-refractivity contribution in [3.05, 3.63) is 67.1 Å². The summed E-state index contributed by atoms with van der Waals surface area (Å²) < 4.78 is 6.74. The number of fused-ring (bicyclic) bond motifs is 1. The van der Waals surface area contributed by atoms with Crippen LogP contribution < -0.4 is 10.3 Å². The van der Waals surface area contributed by atoms with Gasteiger partial charge in [0.05, 0.1) is 33.8 Å². The van der Waals surface area contributed by atoms with E-state index < -0.39 is 6.10 Å². The van der Waals surface area contributed by atoms with Crippen molar-refractivity contribution < 1.29 is 9.84 Å². The normalized spacial score (nSPS) is 12.3. The zero-order chi connectivity index (χ0) is 18.8. The van der Waals surface area contributed by atoms with Crippen molar-refractivity contribution in [2.75, 3.05) is 6.61 Å². The lowest BCUT2D eigenvalue weighted by Crippen LogP contribution is -2.30. The van der Waals surface area contributed by atoms with Crippen LogP contribution in [0, 0.1) is 0 Å². The van der Waals surface area contributed by atoms with Crippen molar-refractivity contribution in [3.8, 4) is 5.75 Å². The molecule has 3 aromatic rings. The van der Waals surface area contributed by atoms with E-state index in [2.05, 4.69) is 4.98 Å². The summed E-state index contributed by atoms with van der Waals surface area (Å²) in [6.07, 6.45) is 0.344. The van der Waals surface area contributed by atoms with Gasteiger partial charge in [-0.2, -0.15) is 0 Å². The number of halogens is 4. The van der Waals surface area contributed by atoms with Gasteiger partial charge in [-0.1, -0.05) is 46.4 Å². The van der Waals surface area contributed by atoms with Gasteiger partial charge in [0.25, 0.3) is 5.56 Å². The predicted molar refractivity (Wildman–Crippen MR) is 104 cm³/mol. The van der Waals surface area contributed by atoms with E-state index in [0.29, 0.717) is 26.3 Å². The molecular formula is C17H12Cl4N2O3. The lowest BCUT2D eigenvalue weighted by molar-refractivity contribution is 0.0915. The fraction of sp³-hybridized carbons (Fsp3) is 0.176. The highest BCUT2D eigenvalue weighted by Gasteiger charge is 2.13. The van der Waals surface area contributed by atoms with Crippen molar-refractivity contribution in [2.45, 2.75) is 12.6 Å². The Bertz CT molecular complexity index is 1020. The molecule has 5 nitrogen and oxygen atoms in total. The summed E-state index contributed by atoms with van der Waals surface area (Å²) >= 11 is 23.9. The lowest BCUT2D eigenvalue weighted by Gasteiger charge is -2.15. The van der Waals surface area contributed by atoms with Crippen LogP contribution in [0.15, 0.2) is 41.5 Å². The number of rotatable bonds is 5. The van der Waals surface area contributed by atoms with Crippen LogP contribution in [0.1, 0.15) is 0 Å². The maximum Gasteiger partial charge on any atom is 0.261 e. The zero-order valence-electron chi connectivity index (χ0n) is 13.1. The molecule has 1 heterocycles. The first kappa shape index (κ1) is 19.3. The average Bonchev–Trinajstić information content (AvgIpc) is 2.58. The number of benzene rings is 2. The number of aromatic nitrogens is 2. The highest BCUT2D eigenvalue weighted by molar-refractivity contribution is 6.38. The van der Waals surface area contributed by atoms with Gasteiger partial charge in [-0.15, -0.1) is 0 Å². The monoisotopic (exact) mass is 432 g/mol. The van der Waals surface area contributed by atoms with E-state index in [1.54, 1.807) is 18.2 Å². The van der Waals surface area contributed by atoms with Gasteiger partial charge in [-0.3, -0.25) is 9.36 Å². The van der Waals surface area contributed by atoms with Gasteiger partial charge < -0.3 is 9.84 Å². The van der Waals surface area contributed by atoms with Crippen molar-refractivity contribution >= 4 is 57.3 Å². The summed E-state index contributed by atoms with van der Waals surface area (Å²) in [4.78, 5) is 16.7. The lowest BCUT2D eigenvalue weighted by atomic mass is 10.2. The third-order valence-electron chi connectivity index (χ3n) is 3.58. The Morgan fingerprint density at radius 2 is 1.85 bits per heavy atom. The summed E-state index contributed by atoms with van der Waals surface area (Å²) in [5.74, 6) is 0.348. The van der Waals surface area contributed by atoms with Crippen LogP contribution in [0.5, 0.6) is 5.75 Å². The molecule has 0 amide bonds. The van der Waals surface area contributed by atoms with Gasteiger partial charge in [0.1, 0.15) is 18.5 Å². The first-order valence-electron chi connectivity index (χ1n) is 7.45. The molecule has 3 rings (SSSR count). The highest BCUT2D eigenvalue weighted by Crippen LogP contribution is 2.28. The molecule has 26 heavy (non-hydrogen) atoms. The molecule has 1 atom stereocenters. The van der Waals surface area contributed by atoms with Gasteiger partial charge in [0, 0.05) is 16.1 Å². The second kappa shape index (κ2) is 8.03. The SMILES string of the molecule is O=c1c2cc(Cl)cc(Cl)c2ncn1CC(O)COc1cc(Cl)ccc1Cl. The number of ether oxygens (including phenoxy) is 1. The van der Waals surface area contributed by atoms with E-state index >= 15 is 0 Å². The number of aliphatic hydroxyl groups is 1. The average molecular weight is 434 g/mol. The molecule has 0 aliphatic carbocycles. The fourth-order valence-electron chi connectivity index (χ4n) is 2.38. The molecule has 0 fully saturated rings. The van der Waals surface area contributed by atoms with E-state index in [9.17, 15) is 9.90 Å². The number of aliphatic hydroxyl groups excluding tert-OH is 1. The van der Waals surface area contributed by atoms with Crippen LogP contribution in [0.2, 0.25) is 20.1 Å². The van der Waals surface area contributed by atoms with E-state index in [1.807, 2.05) is 0 Å². The first-order valence-corrected chi connectivity index (χ1v) is 8.96. The van der Waals surface area contributed by atoms with Crippen molar-refractivity contribution in [2.24, 2.45) is 0 Å². The third-order valence-corrected chi connectivity index (χ3v) is 4.63. The van der Waals surface area contributed by atoms with Crippen LogP contribution in [0.3, 0.4) is 0 Å². The Morgan fingerprint density at radius 3 is 2.62 bits per heavy atom. The third kappa shape index (κ3) is 4.24. The Morgan fingerprint density at radius 1 is 1.08 bits per heavy atom. The Balaban J connectivity index is 1.77. The summed E-state index contributed by atoms with van der Waals surface area (Å²) in [6, 6.07) is 7.77. The fourth-order valence-corrected chi connectivity index (χ4v) is 3.25. The Kier molecular flexibility index (Phi) is 5.95. The number of nitrogens with zero attached hydrogens (tertiary/aromatic N) is 2. The molecule has 0 aliphatic rings. The summed E-state index contributed by atoms with van der Waals surface area (Å²) in [7, 11) is 0. The largest absolute Gasteiger partial charge is 0.489 e. The van der Waals surface area contributed by atoms with E-state index in [-0.39, 0.29) is 29.1 Å². The molecule has 0 spiro atoms.